The van der Waals surface area contributed by atoms with Crippen molar-refractivity contribution >= 4 is 17.5 Å². The van der Waals surface area contributed by atoms with Crippen molar-refractivity contribution in [2.45, 2.75) is 10.3 Å². The van der Waals surface area contributed by atoms with Crippen LogP contribution in [0.1, 0.15) is 5.56 Å². The van der Waals surface area contributed by atoms with Crippen LogP contribution in [0.5, 0.6) is 0 Å². The van der Waals surface area contributed by atoms with E-state index in [0.29, 0.717) is 0 Å². The fourth-order valence-corrected chi connectivity index (χ4v) is 2.08. The molecule has 1 aliphatic heterocycles. The Morgan fingerprint density at radius 1 is 1.25 bits per heavy atom. The zero-order chi connectivity index (χ0) is 8.55. The first kappa shape index (κ1) is 7.71. The van der Waals surface area contributed by atoms with Crippen molar-refractivity contribution in [2.75, 3.05) is 0 Å². The van der Waals surface area contributed by atoms with Crippen LogP contribution in [0.4, 0.5) is 0 Å². The van der Waals surface area contributed by atoms with Gasteiger partial charge in [-0.05, 0) is 12.1 Å². The van der Waals surface area contributed by atoms with Gasteiger partial charge in [-0.25, -0.2) is 0 Å². The Labute approximate surface area is 74.5 Å². The molecule has 0 aromatic heterocycles. The number of hydrogen-bond donors (Lipinski definition) is 2. The number of rotatable bonds is 0. The van der Waals surface area contributed by atoms with Crippen LogP contribution in [0.2, 0.25) is 0 Å². The lowest BCUT2D eigenvalue weighted by Gasteiger charge is -2.16. The third-order valence-corrected chi connectivity index (χ3v) is 2.70. The highest BCUT2D eigenvalue weighted by Gasteiger charge is 2.16. The van der Waals surface area contributed by atoms with E-state index in [1.54, 1.807) is 0 Å². The molecule has 0 amide bonds. The summed E-state index contributed by atoms with van der Waals surface area (Å²) < 4.78 is 0. The third-order valence-electron chi connectivity index (χ3n) is 1.71. The molecule has 0 fully saturated rings. The molecule has 1 atom stereocenters. The number of fused-ring (bicyclic) bond motifs is 1. The summed E-state index contributed by atoms with van der Waals surface area (Å²) in [6, 6.07) is 7.46. The van der Waals surface area contributed by atoms with Gasteiger partial charge in [-0.3, -0.25) is 0 Å². The number of aliphatic hydroxyl groups excluding tert-OH is 2. The first-order chi connectivity index (χ1) is 5.77. The van der Waals surface area contributed by atoms with Gasteiger partial charge in [0.25, 0.3) is 0 Å². The van der Waals surface area contributed by atoms with E-state index in [-0.39, 0.29) is 5.76 Å². The summed E-state index contributed by atoms with van der Waals surface area (Å²) in [7, 11) is 0. The molecule has 0 radical (unpaired) electrons. The van der Waals surface area contributed by atoms with E-state index in [0.717, 1.165) is 10.5 Å². The molecule has 1 aliphatic rings. The highest BCUT2D eigenvalue weighted by molar-refractivity contribution is 8.00. The summed E-state index contributed by atoms with van der Waals surface area (Å²) in [5.74, 6) is 0.164. The highest BCUT2D eigenvalue weighted by Crippen LogP contribution is 2.34. The molecule has 2 nitrogen and oxygen atoms in total. The van der Waals surface area contributed by atoms with Gasteiger partial charge < -0.3 is 10.2 Å². The van der Waals surface area contributed by atoms with Crippen LogP contribution in [0.25, 0.3) is 5.76 Å². The van der Waals surface area contributed by atoms with Gasteiger partial charge in [-0.1, -0.05) is 30.0 Å². The normalized spacial score (nSPS) is 21.4. The van der Waals surface area contributed by atoms with Crippen molar-refractivity contribution in [2.24, 2.45) is 0 Å². The summed E-state index contributed by atoms with van der Waals surface area (Å²) in [5, 5.41) is 18.7. The fraction of sp³-hybridized carbons (Fsp3) is 0.111. The van der Waals surface area contributed by atoms with Crippen LogP contribution >= 0.6 is 11.8 Å². The highest BCUT2D eigenvalue weighted by atomic mass is 32.2. The lowest BCUT2D eigenvalue weighted by Crippen LogP contribution is -2.04. The molecule has 0 saturated carbocycles. The summed E-state index contributed by atoms with van der Waals surface area (Å²) in [4.78, 5) is 0.921. The van der Waals surface area contributed by atoms with E-state index in [1.807, 2.05) is 24.3 Å². The van der Waals surface area contributed by atoms with E-state index in [9.17, 15) is 10.2 Å². The van der Waals surface area contributed by atoms with Crippen molar-refractivity contribution in [1.82, 2.24) is 0 Å². The van der Waals surface area contributed by atoms with Crippen molar-refractivity contribution < 1.29 is 10.2 Å². The Kier molecular flexibility index (Phi) is 1.83. The zero-order valence-electron chi connectivity index (χ0n) is 6.27. The van der Waals surface area contributed by atoms with Gasteiger partial charge in [0.1, 0.15) is 11.2 Å². The molecule has 3 heteroatoms. The van der Waals surface area contributed by atoms with E-state index in [2.05, 4.69) is 0 Å². The van der Waals surface area contributed by atoms with Gasteiger partial charge in [-0.2, -0.15) is 0 Å². The van der Waals surface area contributed by atoms with Gasteiger partial charge in [0.05, 0.1) is 0 Å². The lowest BCUT2D eigenvalue weighted by atomic mass is 10.2. The van der Waals surface area contributed by atoms with Crippen LogP contribution in [-0.4, -0.2) is 15.6 Å². The second-order valence-electron chi connectivity index (χ2n) is 2.56. The topological polar surface area (TPSA) is 40.5 Å². The molecule has 2 rings (SSSR count). The van der Waals surface area contributed by atoms with Crippen molar-refractivity contribution in [3.8, 4) is 0 Å². The molecule has 0 aliphatic carbocycles. The third kappa shape index (κ3) is 1.21. The second kappa shape index (κ2) is 2.84. The molecule has 2 N–H and O–H groups in total. The quantitative estimate of drug-likeness (QED) is 0.641. The van der Waals surface area contributed by atoms with E-state index >= 15 is 0 Å². The molecule has 1 heterocycles. The second-order valence-corrected chi connectivity index (χ2v) is 3.71. The van der Waals surface area contributed by atoms with Gasteiger partial charge in [0.15, 0.2) is 0 Å². The smallest absolute Gasteiger partial charge is 0.126 e. The molecule has 12 heavy (non-hydrogen) atoms. The van der Waals surface area contributed by atoms with E-state index < -0.39 is 5.44 Å². The maximum absolute atomic E-state index is 9.42. The van der Waals surface area contributed by atoms with E-state index in [4.69, 9.17) is 0 Å². The maximum atomic E-state index is 9.42. The summed E-state index contributed by atoms with van der Waals surface area (Å²) in [6.45, 7) is 0. The Hall–Kier alpha value is -0.930. The number of thioether (sulfide) groups is 1. The minimum Gasteiger partial charge on any atom is -0.507 e. The fourth-order valence-electron chi connectivity index (χ4n) is 1.17. The summed E-state index contributed by atoms with van der Waals surface area (Å²) >= 11 is 1.33. The number of hydrogen-bond acceptors (Lipinski definition) is 3. The molecule has 62 valence electrons. The van der Waals surface area contributed by atoms with Crippen LogP contribution in [0, 0.1) is 0 Å². The Balaban J connectivity index is 2.53. The zero-order valence-corrected chi connectivity index (χ0v) is 7.08. The van der Waals surface area contributed by atoms with Crippen molar-refractivity contribution in [3.63, 3.8) is 0 Å². The molecule has 0 spiro atoms. The average Bonchev–Trinajstić information content (AvgIpc) is 2.04. The van der Waals surface area contributed by atoms with Crippen LogP contribution in [0.15, 0.2) is 35.2 Å². The predicted octanol–water partition coefficient (Wildman–Crippen LogP) is 2.01. The molecule has 0 saturated heterocycles. The maximum Gasteiger partial charge on any atom is 0.126 e. The van der Waals surface area contributed by atoms with Crippen molar-refractivity contribution in [1.29, 1.82) is 0 Å². The van der Waals surface area contributed by atoms with Gasteiger partial charge in [0, 0.05) is 10.5 Å². The van der Waals surface area contributed by atoms with Gasteiger partial charge in [0.2, 0.25) is 0 Å². The van der Waals surface area contributed by atoms with Gasteiger partial charge >= 0.3 is 0 Å². The Morgan fingerprint density at radius 3 is 2.83 bits per heavy atom. The molecule has 1 aromatic rings. The lowest BCUT2D eigenvalue weighted by molar-refractivity contribution is 0.306. The summed E-state index contributed by atoms with van der Waals surface area (Å²) in [6.07, 6.45) is 1.44. The predicted molar refractivity (Wildman–Crippen MR) is 48.9 cm³/mol. The van der Waals surface area contributed by atoms with Crippen LogP contribution < -0.4 is 0 Å². The number of aliphatic hydroxyl groups is 2. The molecule has 1 unspecified atom stereocenters. The van der Waals surface area contributed by atoms with Crippen molar-refractivity contribution in [3.05, 3.63) is 35.9 Å². The van der Waals surface area contributed by atoms with Gasteiger partial charge in [-0.15, -0.1) is 0 Å². The summed E-state index contributed by atoms with van der Waals surface area (Å²) in [5.41, 5.74) is 0.174. The van der Waals surface area contributed by atoms with E-state index in [1.165, 1.54) is 17.8 Å². The first-order valence-corrected chi connectivity index (χ1v) is 4.50. The SMILES string of the molecule is OC1=CC(O)Sc2ccccc21. The minimum atomic E-state index is -0.625. The molecular weight excluding hydrogens is 172 g/mol. The molecule has 0 bridgehead atoms. The van der Waals surface area contributed by atoms with Crippen LogP contribution in [-0.2, 0) is 0 Å². The largest absolute Gasteiger partial charge is 0.507 e. The monoisotopic (exact) mass is 180 g/mol. The Morgan fingerprint density at radius 2 is 2.00 bits per heavy atom. The standard InChI is InChI=1S/C9H8O2S/c10-7-5-9(11)12-8-4-2-1-3-6(7)8/h1-5,9-11H. The molecule has 1 aromatic carbocycles. The average molecular weight is 180 g/mol. The first-order valence-electron chi connectivity index (χ1n) is 3.62. The minimum absolute atomic E-state index is 0.164. The number of benzene rings is 1. The van der Waals surface area contributed by atoms with Crippen LogP contribution in [0.3, 0.4) is 0 Å². The Bertz CT molecular complexity index is 333. The molecular formula is C9H8O2S.